The monoisotopic (exact) mass is 289 g/mol. The lowest BCUT2D eigenvalue weighted by molar-refractivity contribution is 0.796. The van der Waals surface area contributed by atoms with Gasteiger partial charge in [0.2, 0.25) is 0 Å². The number of aryl methyl sites for hydroxylation is 2. The third-order valence-electron chi connectivity index (χ3n) is 2.70. The average molecular weight is 290 g/mol. The third-order valence-corrected chi connectivity index (χ3v) is 3.20. The minimum absolute atomic E-state index is 0.530. The Morgan fingerprint density at radius 2 is 2.24 bits per heavy atom. The Balaban J connectivity index is 2.13. The van der Waals surface area contributed by atoms with Crippen molar-refractivity contribution in [2.75, 3.05) is 0 Å². The molecule has 0 aliphatic carbocycles. The number of nitriles is 1. The largest absolute Gasteiger partial charge is 0.336 e. The second-order valence-corrected chi connectivity index (χ2v) is 4.81. The van der Waals surface area contributed by atoms with Crippen molar-refractivity contribution < 1.29 is 0 Å². The van der Waals surface area contributed by atoms with Gasteiger partial charge >= 0.3 is 0 Å². The molecule has 0 spiro atoms. The summed E-state index contributed by atoms with van der Waals surface area (Å²) in [6.07, 6.45) is 3.43. The minimum Gasteiger partial charge on any atom is -0.336 e. The molecule has 1 heterocycles. The predicted molar refractivity (Wildman–Crippen MR) is 69.5 cm³/mol. The molecule has 17 heavy (non-hydrogen) atoms. The van der Waals surface area contributed by atoms with Crippen molar-refractivity contribution in [3.05, 3.63) is 52.0 Å². The van der Waals surface area contributed by atoms with Gasteiger partial charge in [-0.15, -0.1) is 0 Å². The van der Waals surface area contributed by atoms with Gasteiger partial charge in [-0.05, 0) is 30.5 Å². The topological polar surface area (TPSA) is 41.6 Å². The molecule has 4 heteroatoms. The van der Waals surface area contributed by atoms with Crippen molar-refractivity contribution >= 4 is 15.9 Å². The first kappa shape index (κ1) is 11.9. The van der Waals surface area contributed by atoms with Gasteiger partial charge in [-0.1, -0.05) is 28.1 Å². The number of imidazole rings is 1. The van der Waals surface area contributed by atoms with Crippen molar-refractivity contribution in [2.45, 2.75) is 12.8 Å². The Morgan fingerprint density at radius 3 is 2.94 bits per heavy atom. The van der Waals surface area contributed by atoms with E-state index >= 15 is 0 Å². The van der Waals surface area contributed by atoms with E-state index in [1.165, 1.54) is 5.56 Å². The van der Waals surface area contributed by atoms with E-state index in [0.717, 1.165) is 23.0 Å². The molecule has 2 rings (SSSR count). The molecule has 0 N–H and O–H groups in total. The molecular weight excluding hydrogens is 278 g/mol. The SMILES string of the molecule is Cn1cnc(C#N)c1CCc1cccc(Br)c1. The molecule has 1 aromatic carbocycles. The van der Waals surface area contributed by atoms with Gasteiger partial charge in [0.05, 0.1) is 12.0 Å². The van der Waals surface area contributed by atoms with E-state index < -0.39 is 0 Å². The Morgan fingerprint density at radius 1 is 1.41 bits per heavy atom. The summed E-state index contributed by atoms with van der Waals surface area (Å²) < 4.78 is 3.00. The summed E-state index contributed by atoms with van der Waals surface area (Å²) in [5.41, 5.74) is 2.78. The lowest BCUT2D eigenvalue weighted by Gasteiger charge is -2.04. The minimum atomic E-state index is 0.530. The molecule has 0 saturated heterocycles. The molecule has 3 nitrogen and oxygen atoms in total. The molecule has 1 aromatic heterocycles. The van der Waals surface area contributed by atoms with Crippen LogP contribution in [-0.4, -0.2) is 9.55 Å². The molecule has 0 bridgehead atoms. The highest BCUT2D eigenvalue weighted by molar-refractivity contribution is 9.10. The van der Waals surface area contributed by atoms with Crippen molar-refractivity contribution in [1.29, 1.82) is 5.26 Å². The van der Waals surface area contributed by atoms with Crippen molar-refractivity contribution in [3.8, 4) is 6.07 Å². The van der Waals surface area contributed by atoms with E-state index in [2.05, 4.69) is 39.1 Å². The second kappa shape index (κ2) is 5.15. The van der Waals surface area contributed by atoms with E-state index in [9.17, 15) is 0 Å². The predicted octanol–water partition coefficient (Wildman–Crippen LogP) is 2.84. The smallest absolute Gasteiger partial charge is 0.161 e. The molecule has 0 saturated carbocycles. The van der Waals surface area contributed by atoms with Crippen LogP contribution in [0.5, 0.6) is 0 Å². The fourth-order valence-corrected chi connectivity index (χ4v) is 2.25. The lowest BCUT2D eigenvalue weighted by Crippen LogP contribution is -2.00. The van der Waals surface area contributed by atoms with Gasteiger partial charge in [0.25, 0.3) is 0 Å². The highest BCUT2D eigenvalue weighted by atomic mass is 79.9. The number of hydrogen-bond acceptors (Lipinski definition) is 2. The van der Waals surface area contributed by atoms with Crippen LogP contribution in [0, 0.1) is 11.3 Å². The number of rotatable bonds is 3. The number of halogens is 1. The first-order valence-electron chi connectivity index (χ1n) is 5.35. The van der Waals surface area contributed by atoms with Gasteiger partial charge < -0.3 is 4.57 Å². The van der Waals surface area contributed by atoms with Crippen molar-refractivity contribution in [3.63, 3.8) is 0 Å². The summed E-state index contributed by atoms with van der Waals surface area (Å²) in [5.74, 6) is 0. The van der Waals surface area contributed by atoms with E-state index in [1.54, 1.807) is 6.33 Å². The summed E-state index contributed by atoms with van der Waals surface area (Å²) in [6, 6.07) is 10.3. The molecule has 0 unspecified atom stereocenters. The highest BCUT2D eigenvalue weighted by Gasteiger charge is 2.08. The molecule has 0 radical (unpaired) electrons. The molecule has 86 valence electrons. The zero-order valence-electron chi connectivity index (χ0n) is 9.52. The van der Waals surface area contributed by atoms with Crippen LogP contribution in [0.2, 0.25) is 0 Å². The van der Waals surface area contributed by atoms with Crippen LogP contribution >= 0.6 is 15.9 Å². The lowest BCUT2D eigenvalue weighted by atomic mass is 10.1. The van der Waals surface area contributed by atoms with Crippen LogP contribution in [0.15, 0.2) is 35.1 Å². The quantitative estimate of drug-likeness (QED) is 0.872. The van der Waals surface area contributed by atoms with Crippen LogP contribution in [0.3, 0.4) is 0 Å². The number of hydrogen-bond donors (Lipinski definition) is 0. The number of benzene rings is 1. The summed E-state index contributed by atoms with van der Waals surface area (Å²) in [5, 5.41) is 8.94. The summed E-state index contributed by atoms with van der Waals surface area (Å²) >= 11 is 3.45. The normalized spacial score (nSPS) is 10.2. The zero-order valence-corrected chi connectivity index (χ0v) is 11.1. The molecule has 0 atom stereocenters. The zero-order chi connectivity index (χ0) is 12.3. The van der Waals surface area contributed by atoms with Gasteiger partial charge in [0.15, 0.2) is 5.69 Å². The first-order valence-corrected chi connectivity index (χ1v) is 6.14. The Kier molecular flexibility index (Phi) is 3.60. The van der Waals surface area contributed by atoms with Crippen LogP contribution in [0.4, 0.5) is 0 Å². The van der Waals surface area contributed by atoms with Gasteiger partial charge in [0, 0.05) is 11.5 Å². The average Bonchev–Trinajstić information content (AvgIpc) is 2.67. The maximum atomic E-state index is 8.94. The molecule has 0 aliphatic rings. The standard InChI is InChI=1S/C13H12BrN3/c1-17-9-16-12(8-15)13(17)6-5-10-3-2-4-11(14)7-10/h2-4,7,9H,5-6H2,1H3. The van der Waals surface area contributed by atoms with E-state index in [-0.39, 0.29) is 0 Å². The van der Waals surface area contributed by atoms with E-state index in [0.29, 0.717) is 5.69 Å². The molecule has 0 aliphatic heterocycles. The fraction of sp³-hybridized carbons (Fsp3) is 0.231. The van der Waals surface area contributed by atoms with Gasteiger partial charge in [-0.3, -0.25) is 0 Å². The Bertz CT molecular complexity index is 566. The maximum Gasteiger partial charge on any atom is 0.161 e. The Hall–Kier alpha value is -1.60. The third kappa shape index (κ3) is 2.75. The van der Waals surface area contributed by atoms with E-state index in [4.69, 9.17) is 5.26 Å². The molecular formula is C13H12BrN3. The van der Waals surface area contributed by atoms with Crippen molar-refractivity contribution in [2.24, 2.45) is 7.05 Å². The number of aromatic nitrogens is 2. The van der Waals surface area contributed by atoms with Crippen LogP contribution < -0.4 is 0 Å². The van der Waals surface area contributed by atoms with Crippen LogP contribution in [0.25, 0.3) is 0 Å². The summed E-state index contributed by atoms with van der Waals surface area (Å²) in [4.78, 5) is 4.06. The van der Waals surface area contributed by atoms with Gasteiger partial charge in [0.1, 0.15) is 6.07 Å². The van der Waals surface area contributed by atoms with Crippen LogP contribution in [-0.2, 0) is 19.9 Å². The van der Waals surface area contributed by atoms with Crippen LogP contribution in [0.1, 0.15) is 17.0 Å². The molecule has 0 amide bonds. The first-order chi connectivity index (χ1) is 8.20. The van der Waals surface area contributed by atoms with Gasteiger partial charge in [-0.2, -0.15) is 5.26 Å². The Labute approximate surface area is 109 Å². The highest BCUT2D eigenvalue weighted by Crippen LogP contribution is 2.14. The summed E-state index contributed by atoms with van der Waals surface area (Å²) in [7, 11) is 1.92. The maximum absolute atomic E-state index is 8.94. The molecule has 0 fully saturated rings. The summed E-state index contributed by atoms with van der Waals surface area (Å²) in [6.45, 7) is 0. The molecule has 2 aromatic rings. The van der Waals surface area contributed by atoms with E-state index in [1.807, 2.05) is 23.7 Å². The van der Waals surface area contributed by atoms with Gasteiger partial charge in [-0.25, -0.2) is 4.98 Å². The van der Waals surface area contributed by atoms with Crippen molar-refractivity contribution in [1.82, 2.24) is 9.55 Å². The number of nitrogens with zero attached hydrogens (tertiary/aromatic N) is 3. The fourth-order valence-electron chi connectivity index (χ4n) is 1.80. The second-order valence-electron chi connectivity index (χ2n) is 3.89.